The van der Waals surface area contributed by atoms with Gasteiger partial charge in [-0.05, 0) is 54.3 Å². The summed E-state index contributed by atoms with van der Waals surface area (Å²) in [5, 5.41) is 11.9. The summed E-state index contributed by atoms with van der Waals surface area (Å²) < 4.78 is 53.1. The number of ether oxygens (including phenoxy) is 3. The molecule has 1 saturated heterocycles. The lowest BCUT2D eigenvalue weighted by Crippen LogP contribution is -2.36. The molecular formula is C29H31F3N4O4. The fraction of sp³-hybridized carbons (Fsp3) is 0.345. The molecule has 2 heterocycles. The van der Waals surface area contributed by atoms with Crippen molar-refractivity contribution in [3.8, 4) is 16.9 Å². The number of nitrogens with one attached hydrogen (secondary N) is 2. The molecule has 1 aromatic heterocycles. The zero-order valence-corrected chi connectivity index (χ0v) is 22.5. The zero-order chi connectivity index (χ0) is 28.9. The lowest BCUT2D eigenvalue weighted by atomic mass is 9.91. The summed E-state index contributed by atoms with van der Waals surface area (Å²) in [4.78, 5) is 19.5. The van der Waals surface area contributed by atoms with E-state index >= 15 is 0 Å². The molecule has 212 valence electrons. The first-order valence-corrected chi connectivity index (χ1v) is 12.9. The maximum atomic E-state index is 12.8. The van der Waals surface area contributed by atoms with Crippen LogP contribution < -0.4 is 15.0 Å². The van der Waals surface area contributed by atoms with Crippen molar-refractivity contribution in [1.29, 1.82) is 5.41 Å². The van der Waals surface area contributed by atoms with E-state index < -0.39 is 18.1 Å². The van der Waals surface area contributed by atoms with Crippen molar-refractivity contribution in [1.82, 2.24) is 4.98 Å². The number of nitrogens with zero attached hydrogens (tertiary/aromatic N) is 2. The highest BCUT2D eigenvalue weighted by atomic mass is 19.4. The molecular weight excluding hydrogens is 525 g/mol. The fourth-order valence-electron chi connectivity index (χ4n) is 4.32. The van der Waals surface area contributed by atoms with Crippen LogP contribution in [0.1, 0.15) is 36.8 Å². The third-order valence-electron chi connectivity index (χ3n) is 6.24. The largest absolute Gasteiger partial charge is 0.573 e. The normalized spacial score (nSPS) is 13.7. The van der Waals surface area contributed by atoms with Crippen LogP contribution in [0.25, 0.3) is 11.1 Å². The third kappa shape index (κ3) is 7.09. The highest BCUT2D eigenvalue weighted by Crippen LogP contribution is 2.35. The average molecular weight is 557 g/mol. The fourth-order valence-corrected chi connectivity index (χ4v) is 4.32. The minimum absolute atomic E-state index is 0.000363. The lowest BCUT2D eigenvalue weighted by molar-refractivity contribution is -0.274. The summed E-state index contributed by atoms with van der Waals surface area (Å²) in [5.41, 5.74) is 3.22. The van der Waals surface area contributed by atoms with E-state index in [0.717, 1.165) is 24.3 Å². The van der Waals surface area contributed by atoms with Gasteiger partial charge in [0, 0.05) is 41.8 Å². The molecule has 11 heteroatoms. The maximum absolute atomic E-state index is 12.8. The molecule has 0 bridgehead atoms. The molecule has 2 aromatic carbocycles. The molecule has 0 unspecified atom stereocenters. The summed E-state index contributed by atoms with van der Waals surface area (Å²) >= 11 is 0. The van der Waals surface area contributed by atoms with Gasteiger partial charge in [0.2, 0.25) is 0 Å². The Bertz CT molecular complexity index is 1350. The smallest absolute Gasteiger partial charge is 0.461 e. The molecule has 0 saturated carbocycles. The second-order valence-electron chi connectivity index (χ2n) is 9.41. The topological polar surface area (TPSA) is 96.8 Å². The number of carbonyl (C=O) groups is 1. The number of morpholine rings is 1. The maximum Gasteiger partial charge on any atom is 0.573 e. The summed E-state index contributed by atoms with van der Waals surface area (Å²) in [6.45, 7) is 8.36. The van der Waals surface area contributed by atoms with Crippen LogP contribution in [0.2, 0.25) is 0 Å². The second kappa shape index (κ2) is 12.4. The van der Waals surface area contributed by atoms with Crippen molar-refractivity contribution >= 4 is 28.9 Å². The van der Waals surface area contributed by atoms with Crippen LogP contribution in [0.3, 0.4) is 0 Å². The van der Waals surface area contributed by atoms with E-state index in [0.29, 0.717) is 24.3 Å². The van der Waals surface area contributed by atoms with Crippen LogP contribution in [0, 0.1) is 11.3 Å². The molecule has 1 aliphatic rings. The number of anilines is 3. The Hall–Kier alpha value is -4.12. The molecule has 0 radical (unpaired) electrons. The Labute approximate surface area is 230 Å². The first kappa shape index (κ1) is 28.9. The predicted molar refractivity (Wildman–Crippen MR) is 147 cm³/mol. The average Bonchev–Trinajstić information content (AvgIpc) is 2.92. The minimum atomic E-state index is -4.85. The molecule has 3 aromatic rings. The van der Waals surface area contributed by atoms with E-state index in [-0.39, 0.29) is 35.4 Å². The van der Waals surface area contributed by atoms with Crippen LogP contribution in [0.15, 0.2) is 54.6 Å². The van der Waals surface area contributed by atoms with Gasteiger partial charge in [-0.2, -0.15) is 0 Å². The number of alkyl halides is 3. The third-order valence-corrected chi connectivity index (χ3v) is 6.24. The highest BCUT2D eigenvalue weighted by Gasteiger charge is 2.31. The van der Waals surface area contributed by atoms with E-state index in [1.54, 1.807) is 19.1 Å². The Balaban J connectivity index is 1.82. The van der Waals surface area contributed by atoms with Gasteiger partial charge in [0.15, 0.2) is 5.69 Å². The Morgan fingerprint density at radius 3 is 2.45 bits per heavy atom. The Morgan fingerprint density at radius 2 is 1.82 bits per heavy atom. The van der Waals surface area contributed by atoms with Crippen molar-refractivity contribution in [3.05, 3.63) is 65.9 Å². The molecule has 2 N–H and O–H groups in total. The number of halogens is 3. The standard InChI is InChI=1S/C29H31F3N4O4/c1-4-39-28(37)24-17-23(19-8-10-21(11-9-19)36-12-14-38-15-13-36)25(26(33)18(2)3)27(35-24)34-20-6-5-7-22(16-20)40-29(30,31)32/h5-11,16-18,33H,4,12-15H2,1-3H3,(H,34,35). The highest BCUT2D eigenvalue weighted by molar-refractivity contribution is 6.10. The van der Waals surface area contributed by atoms with Crippen molar-refractivity contribution in [3.63, 3.8) is 0 Å². The van der Waals surface area contributed by atoms with Gasteiger partial charge in [-0.25, -0.2) is 9.78 Å². The SMILES string of the molecule is CCOC(=O)c1cc(-c2ccc(N3CCOCC3)cc2)c(C(=N)C(C)C)c(Nc2cccc(OC(F)(F)F)c2)n1. The van der Waals surface area contributed by atoms with Gasteiger partial charge in [-0.1, -0.05) is 32.0 Å². The lowest BCUT2D eigenvalue weighted by Gasteiger charge is -2.29. The molecule has 40 heavy (non-hydrogen) atoms. The molecule has 8 nitrogen and oxygen atoms in total. The molecule has 4 rings (SSSR count). The number of hydrogen-bond donors (Lipinski definition) is 2. The molecule has 0 atom stereocenters. The van der Waals surface area contributed by atoms with E-state index in [2.05, 4.69) is 19.9 Å². The number of benzene rings is 2. The van der Waals surface area contributed by atoms with Gasteiger partial charge in [0.05, 0.1) is 19.8 Å². The number of aromatic nitrogens is 1. The van der Waals surface area contributed by atoms with Crippen molar-refractivity contribution in [2.24, 2.45) is 5.92 Å². The van der Waals surface area contributed by atoms with E-state index in [9.17, 15) is 18.0 Å². The van der Waals surface area contributed by atoms with Crippen molar-refractivity contribution in [2.45, 2.75) is 27.1 Å². The Kier molecular flexibility index (Phi) is 8.93. The summed E-state index contributed by atoms with van der Waals surface area (Å²) in [7, 11) is 0. The number of hydrogen-bond acceptors (Lipinski definition) is 8. The van der Waals surface area contributed by atoms with Crippen molar-refractivity contribution < 1.29 is 32.2 Å². The van der Waals surface area contributed by atoms with Gasteiger partial charge in [-0.3, -0.25) is 0 Å². The van der Waals surface area contributed by atoms with Gasteiger partial charge in [0.25, 0.3) is 0 Å². The van der Waals surface area contributed by atoms with E-state index in [1.807, 2.05) is 38.1 Å². The van der Waals surface area contributed by atoms with Gasteiger partial charge in [0.1, 0.15) is 11.6 Å². The molecule has 0 amide bonds. The van der Waals surface area contributed by atoms with Crippen molar-refractivity contribution in [2.75, 3.05) is 43.1 Å². The number of esters is 1. The molecule has 0 spiro atoms. The van der Waals surface area contributed by atoms with Crippen LogP contribution in [-0.4, -0.2) is 55.9 Å². The van der Waals surface area contributed by atoms with Crippen LogP contribution in [0.4, 0.5) is 30.4 Å². The molecule has 1 aliphatic heterocycles. The monoisotopic (exact) mass is 556 g/mol. The number of carbonyl (C=O) groups excluding carboxylic acids is 1. The quantitative estimate of drug-likeness (QED) is 0.232. The number of pyridine rings is 1. The van der Waals surface area contributed by atoms with Crippen LogP contribution in [-0.2, 0) is 9.47 Å². The van der Waals surface area contributed by atoms with Gasteiger partial charge < -0.3 is 29.8 Å². The van der Waals surface area contributed by atoms with Crippen LogP contribution >= 0.6 is 0 Å². The number of rotatable bonds is 9. The molecule has 0 aliphatic carbocycles. The van der Waals surface area contributed by atoms with E-state index in [1.165, 1.54) is 18.2 Å². The predicted octanol–water partition coefficient (Wildman–Crippen LogP) is 6.43. The van der Waals surface area contributed by atoms with Gasteiger partial charge >= 0.3 is 12.3 Å². The first-order valence-electron chi connectivity index (χ1n) is 12.9. The van der Waals surface area contributed by atoms with E-state index in [4.69, 9.17) is 14.9 Å². The van der Waals surface area contributed by atoms with Crippen LogP contribution in [0.5, 0.6) is 5.75 Å². The van der Waals surface area contributed by atoms with Gasteiger partial charge in [-0.15, -0.1) is 13.2 Å². The molecule has 1 fully saturated rings. The zero-order valence-electron chi connectivity index (χ0n) is 22.5. The summed E-state index contributed by atoms with van der Waals surface area (Å²) in [5.74, 6) is -1.16. The minimum Gasteiger partial charge on any atom is -0.461 e. The first-order chi connectivity index (χ1) is 19.1. The summed E-state index contributed by atoms with van der Waals surface area (Å²) in [6, 6.07) is 14.6. The summed E-state index contributed by atoms with van der Waals surface area (Å²) in [6.07, 6.45) is -4.85. The Morgan fingerprint density at radius 1 is 1.12 bits per heavy atom. The second-order valence-corrected chi connectivity index (χ2v) is 9.41.